The molecule has 0 aliphatic carbocycles. The van der Waals surface area contributed by atoms with Crippen LogP contribution in [-0.2, 0) is 6.42 Å². The number of nitrogens with zero attached hydrogens (tertiary/aromatic N) is 2. The van der Waals surface area contributed by atoms with Gasteiger partial charge in [0.05, 0.1) is 30.3 Å². The van der Waals surface area contributed by atoms with E-state index in [1.165, 1.54) is 12.3 Å². The van der Waals surface area contributed by atoms with Gasteiger partial charge in [-0.1, -0.05) is 6.92 Å². The maximum Gasteiger partial charge on any atom is 0.387 e. The van der Waals surface area contributed by atoms with Crippen molar-refractivity contribution < 1.29 is 27.4 Å². The van der Waals surface area contributed by atoms with Crippen LogP contribution in [0.1, 0.15) is 23.0 Å². The summed E-state index contributed by atoms with van der Waals surface area (Å²) in [5, 5.41) is 6.82. The van der Waals surface area contributed by atoms with E-state index in [9.17, 15) is 18.0 Å². The largest absolute Gasteiger partial charge is 0.497 e. The molecule has 0 atom stereocenters. The molecular formula is C20H18F3N3O3. The van der Waals surface area contributed by atoms with Crippen LogP contribution in [0, 0.1) is 5.82 Å². The predicted molar refractivity (Wildman–Crippen MR) is 100 cm³/mol. The van der Waals surface area contributed by atoms with Crippen LogP contribution in [-0.4, -0.2) is 29.4 Å². The van der Waals surface area contributed by atoms with E-state index >= 15 is 0 Å². The van der Waals surface area contributed by atoms with Gasteiger partial charge in [0.2, 0.25) is 0 Å². The van der Waals surface area contributed by atoms with Crippen LogP contribution < -0.4 is 14.8 Å². The van der Waals surface area contributed by atoms with Crippen molar-refractivity contribution in [3.05, 3.63) is 65.7 Å². The topological polar surface area (TPSA) is 65.4 Å². The van der Waals surface area contributed by atoms with E-state index in [4.69, 9.17) is 4.74 Å². The highest BCUT2D eigenvalue weighted by Crippen LogP contribution is 2.24. The summed E-state index contributed by atoms with van der Waals surface area (Å²) in [6.07, 6.45) is 1.94. The van der Waals surface area contributed by atoms with Crippen molar-refractivity contribution >= 4 is 11.6 Å². The number of alkyl halides is 2. The number of anilines is 1. The smallest absolute Gasteiger partial charge is 0.387 e. The minimum atomic E-state index is -3.14. The molecular weight excluding hydrogens is 387 g/mol. The van der Waals surface area contributed by atoms with Crippen LogP contribution in [0.15, 0.2) is 48.7 Å². The van der Waals surface area contributed by atoms with Gasteiger partial charge in [0.1, 0.15) is 5.75 Å². The van der Waals surface area contributed by atoms with E-state index in [0.717, 1.165) is 17.8 Å². The van der Waals surface area contributed by atoms with E-state index in [1.54, 1.807) is 23.9 Å². The lowest BCUT2D eigenvalue weighted by molar-refractivity contribution is -0.0521. The number of methoxy groups -OCH3 is 1. The summed E-state index contributed by atoms with van der Waals surface area (Å²) < 4.78 is 49.1. The van der Waals surface area contributed by atoms with Gasteiger partial charge in [0, 0.05) is 11.8 Å². The second-order valence-electron chi connectivity index (χ2n) is 5.95. The minimum absolute atomic E-state index is 0.105. The first kappa shape index (κ1) is 20.2. The number of halogens is 3. The molecule has 3 aromatic rings. The van der Waals surface area contributed by atoms with Gasteiger partial charge < -0.3 is 14.8 Å². The SMILES string of the molecule is CCc1c(C(=O)Nc2ccc(OC(F)F)c(F)c2)cnn1-c1ccc(OC)cc1. The molecule has 0 fully saturated rings. The quantitative estimate of drug-likeness (QED) is 0.631. The Balaban J connectivity index is 1.82. The molecule has 0 saturated carbocycles. The third kappa shape index (κ3) is 4.50. The third-order valence-corrected chi connectivity index (χ3v) is 4.17. The van der Waals surface area contributed by atoms with Crippen LogP contribution in [0.5, 0.6) is 11.5 Å². The lowest BCUT2D eigenvalue weighted by Crippen LogP contribution is -2.14. The molecule has 0 radical (unpaired) electrons. The molecule has 0 saturated heterocycles. The van der Waals surface area contributed by atoms with Crippen LogP contribution in [0.3, 0.4) is 0 Å². The molecule has 152 valence electrons. The van der Waals surface area contributed by atoms with Crippen LogP contribution in [0.4, 0.5) is 18.9 Å². The lowest BCUT2D eigenvalue weighted by Gasteiger charge is -2.10. The number of hydrogen-bond donors (Lipinski definition) is 1. The Morgan fingerprint density at radius 2 is 1.93 bits per heavy atom. The van der Waals surface area contributed by atoms with Crippen molar-refractivity contribution in [3.63, 3.8) is 0 Å². The zero-order valence-corrected chi connectivity index (χ0v) is 15.7. The van der Waals surface area contributed by atoms with E-state index in [2.05, 4.69) is 15.2 Å². The Kier molecular flexibility index (Phi) is 6.06. The van der Waals surface area contributed by atoms with E-state index in [1.807, 2.05) is 19.1 Å². The Hall–Kier alpha value is -3.49. The molecule has 29 heavy (non-hydrogen) atoms. The van der Waals surface area contributed by atoms with Crippen molar-refractivity contribution in [1.82, 2.24) is 9.78 Å². The number of carbonyl (C=O) groups is 1. The highest BCUT2D eigenvalue weighted by atomic mass is 19.3. The second kappa shape index (κ2) is 8.68. The first-order valence-corrected chi connectivity index (χ1v) is 8.70. The maximum atomic E-state index is 13.9. The monoisotopic (exact) mass is 405 g/mol. The zero-order valence-electron chi connectivity index (χ0n) is 15.7. The lowest BCUT2D eigenvalue weighted by atomic mass is 10.1. The fraction of sp³-hybridized carbons (Fsp3) is 0.200. The third-order valence-electron chi connectivity index (χ3n) is 4.17. The van der Waals surface area contributed by atoms with Crippen molar-refractivity contribution in [2.75, 3.05) is 12.4 Å². The molecule has 1 aromatic heterocycles. The minimum Gasteiger partial charge on any atom is -0.497 e. The van der Waals surface area contributed by atoms with Gasteiger partial charge in [0.15, 0.2) is 11.6 Å². The zero-order chi connectivity index (χ0) is 21.0. The fourth-order valence-electron chi connectivity index (χ4n) is 2.82. The summed E-state index contributed by atoms with van der Waals surface area (Å²) in [5.41, 5.74) is 1.83. The number of benzene rings is 2. The van der Waals surface area contributed by atoms with Gasteiger partial charge in [-0.15, -0.1) is 0 Å². The van der Waals surface area contributed by atoms with Gasteiger partial charge in [-0.2, -0.15) is 13.9 Å². The molecule has 0 bridgehead atoms. The van der Waals surface area contributed by atoms with Gasteiger partial charge in [-0.05, 0) is 42.8 Å². The van der Waals surface area contributed by atoms with Gasteiger partial charge in [-0.25, -0.2) is 9.07 Å². The molecule has 9 heteroatoms. The van der Waals surface area contributed by atoms with Crippen LogP contribution >= 0.6 is 0 Å². The van der Waals surface area contributed by atoms with Gasteiger partial charge in [-0.3, -0.25) is 4.79 Å². The normalized spacial score (nSPS) is 10.8. The highest BCUT2D eigenvalue weighted by Gasteiger charge is 2.18. The fourth-order valence-corrected chi connectivity index (χ4v) is 2.82. The van der Waals surface area contributed by atoms with Crippen LogP contribution in [0.25, 0.3) is 5.69 Å². The molecule has 0 aliphatic heterocycles. The first-order valence-electron chi connectivity index (χ1n) is 8.70. The molecule has 3 rings (SSSR count). The second-order valence-corrected chi connectivity index (χ2v) is 5.95. The number of ether oxygens (including phenoxy) is 2. The van der Waals surface area contributed by atoms with Crippen molar-refractivity contribution in [2.24, 2.45) is 0 Å². The summed E-state index contributed by atoms with van der Waals surface area (Å²) in [6.45, 7) is -1.26. The van der Waals surface area contributed by atoms with Crippen molar-refractivity contribution in [3.8, 4) is 17.2 Å². The molecule has 2 aromatic carbocycles. The van der Waals surface area contributed by atoms with Crippen molar-refractivity contribution in [2.45, 2.75) is 20.0 Å². The summed E-state index contributed by atoms with van der Waals surface area (Å²) in [6, 6.07) is 10.4. The number of hydrogen-bond acceptors (Lipinski definition) is 4. The Morgan fingerprint density at radius 3 is 2.52 bits per heavy atom. The number of carbonyl (C=O) groups excluding carboxylic acids is 1. The molecule has 0 unspecified atom stereocenters. The number of rotatable bonds is 7. The molecule has 1 heterocycles. The number of amides is 1. The Bertz CT molecular complexity index is 1000. The average molecular weight is 405 g/mol. The van der Waals surface area contributed by atoms with Crippen molar-refractivity contribution in [1.29, 1.82) is 0 Å². The van der Waals surface area contributed by atoms with E-state index < -0.39 is 24.1 Å². The summed E-state index contributed by atoms with van der Waals surface area (Å²) in [7, 11) is 1.57. The summed E-state index contributed by atoms with van der Waals surface area (Å²) >= 11 is 0. The molecule has 6 nitrogen and oxygen atoms in total. The van der Waals surface area contributed by atoms with Gasteiger partial charge >= 0.3 is 6.61 Å². The van der Waals surface area contributed by atoms with Crippen LogP contribution in [0.2, 0.25) is 0 Å². The molecule has 1 amide bonds. The number of nitrogens with one attached hydrogen (secondary N) is 1. The first-order chi connectivity index (χ1) is 13.9. The highest BCUT2D eigenvalue weighted by molar-refractivity contribution is 6.05. The summed E-state index contributed by atoms with van der Waals surface area (Å²) in [5.74, 6) is -1.41. The number of aromatic nitrogens is 2. The molecule has 0 aliphatic rings. The average Bonchev–Trinajstić information content (AvgIpc) is 3.14. The standard InChI is InChI=1S/C20H18F3N3O3/c1-3-17-15(11-24-26(17)13-5-7-14(28-2)8-6-13)19(27)25-12-4-9-18(16(21)10-12)29-20(22)23/h4-11,20H,3H2,1-2H3,(H,25,27). The predicted octanol–water partition coefficient (Wildman–Crippen LogP) is 4.44. The van der Waals surface area contributed by atoms with E-state index in [0.29, 0.717) is 23.4 Å². The Morgan fingerprint density at radius 1 is 1.21 bits per heavy atom. The van der Waals surface area contributed by atoms with Gasteiger partial charge in [0.25, 0.3) is 5.91 Å². The Labute approximate surface area is 164 Å². The molecule has 1 N–H and O–H groups in total. The summed E-state index contributed by atoms with van der Waals surface area (Å²) in [4.78, 5) is 12.7. The van der Waals surface area contributed by atoms with E-state index in [-0.39, 0.29) is 5.69 Å². The molecule has 0 spiro atoms. The maximum absolute atomic E-state index is 13.9.